The summed E-state index contributed by atoms with van der Waals surface area (Å²) in [5.74, 6) is -0.103. The van der Waals surface area contributed by atoms with Crippen molar-refractivity contribution in [3.8, 4) is 0 Å². The highest BCUT2D eigenvalue weighted by atomic mass is 32.2. The summed E-state index contributed by atoms with van der Waals surface area (Å²) in [5.41, 5.74) is 5.62. The van der Waals surface area contributed by atoms with E-state index in [-0.39, 0.29) is 17.1 Å². The summed E-state index contributed by atoms with van der Waals surface area (Å²) in [6.07, 6.45) is 10.8. The smallest absolute Gasteiger partial charge is 0.338 e. The molecule has 0 unspecified atom stereocenters. The summed E-state index contributed by atoms with van der Waals surface area (Å²) in [5, 5.41) is 0. The Morgan fingerprint density at radius 3 is 2.33 bits per heavy atom. The first-order valence-electron chi connectivity index (χ1n) is 13.4. The van der Waals surface area contributed by atoms with Crippen LogP contribution in [-0.2, 0) is 26.4 Å². The zero-order chi connectivity index (χ0) is 26.3. The molecular weight excluding hydrogens is 468 g/mol. The van der Waals surface area contributed by atoms with Crippen molar-refractivity contribution in [2.45, 2.75) is 96.3 Å². The quantitative estimate of drug-likeness (QED) is 0.176. The van der Waals surface area contributed by atoms with Gasteiger partial charge in [0.15, 0.2) is 9.84 Å². The van der Waals surface area contributed by atoms with Gasteiger partial charge in [-0.25, -0.2) is 13.2 Å². The van der Waals surface area contributed by atoms with Crippen molar-refractivity contribution in [2.75, 3.05) is 12.4 Å². The lowest BCUT2D eigenvalue weighted by molar-refractivity contribution is 0.0526. The van der Waals surface area contributed by atoms with Crippen LogP contribution in [0.1, 0.15) is 112 Å². The van der Waals surface area contributed by atoms with Crippen LogP contribution in [0.2, 0.25) is 0 Å². The van der Waals surface area contributed by atoms with Crippen LogP contribution in [0.15, 0.2) is 41.3 Å². The Labute approximate surface area is 218 Å². The minimum atomic E-state index is -3.26. The van der Waals surface area contributed by atoms with Crippen LogP contribution >= 0.6 is 0 Å². The molecule has 0 bridgehead atoms. The number of hydrogen-bond donors (Lipinski definition) is 0. The third-order valence-electron chi connectivity index (χ3n) is 7.29. The number of carbonyl (C=O) groups excluding carboxylic acids is 1. The Morgan fingerprint density at radius 1 is 1.00 bits per heavy atom. The fourth-order valence-corrected chi connectivity index (χ4v) is 6.96. The number of benzene rings is 2. The number of allylic oxidation sites excluding steroid dienone is 1. The molecule has 1 aliphatic heterocycles. The third kappa shape index (κ3) is 6.88. The van der Waals surface area contributed by atoms with Crippen molar-refractivity contribution in [1.82, 2.24) is 0 Å². The number of hydrogen-bond acceptors (Lipinski definition) is 4. The molecule has 0 spiro atoms. The molecule has 0 N–H and O–H groups in total. The number of unbranched alkanes of at least 4 members (excludes halogenated alkanes) is 5. The van der Waals surface area contributed by atoms with E-state index in [0.717, 1.165) is 47.1 Å². The topological polar surface area (TPSA) is 60.4 Å². The molecule has 3 rings (SSSR count). The van der Waals surface area contributed by atoms with Gasteiger partial charge in [0.1, 0.15) is 0 Å². The number of ether oxygens (including phenoxy) is 1. The third-order valence-corrected chi connectivity index (χ3v) is 9.04. The average Bonchev–Trinajstić information content (AvgIpc) is 2.84. The summed E-state index contributed by atoms with van der Waals surface area (Å²) in [6.45, 7) is 10.8. The predicted octanol–water partition coefficient (Wildman–Crippen LogP) is 7.78. The molecule has 0 saturated heterocycles. The van der Waals surface area contributed by atoms with Crippen molar-refractivity contribution in [3.63, 3.8) is 0 Å². The molecule has 0 amide bonds. The monoisotopic (exact) mass is 510 g/mol. The van der Waals surface area contributed by atoms with Gasteiger partial charge in [0.05, 0.1) is 22.8 Å². The molecule has 0 aromatic heterocycles. The first kappa shape index (κ1) is 28.2. The number of aryl methyl sites for hydroxylation is 1. The van der Waals surface area contributed by atoms with Gasteiger partial charge in [-0.15, -0.1) is 0 Å². The molecule has 1 heterocycles. The lowest BCUT2D eigenvalue weighted by Crippen LogP contribution is -2.30. The van der Waals surface area contributed by atoms with Crippen LogP contribution in [0.5, 0.6) is 0 Å². The summed E-state index contributed by atoms with van der Waals surface area (Å²) in [7, 11) is -3.26. The molecule has 36 heavy (non-hydrogen) atoms. The minimum absolute atomic E-state index is 0.185. The van der Waals surface area contributed by atoms with Gasteiger partial charge in [0, 0.05) is 0 Å². The fourth-order valence-electron chi connectivity index (χ4n) is 4.97. The van der Waals surface area contributed by atoms with E-state index >= 15 is 0 Å². The SMILES string of the molecule is CCCCCCCCc1cc2c(cc1C(C)=Cc1ccc(C(=O)OCC)cc1)C(C)(C)CCS2(=O)=O. The van der Waals surface area contributed by atoms with E-state index in [4.69, 9.17) is 4.74 Å². The number of esters is 1. The van der Waals surface area contributed by atoms with E-state index in [1.165, 1.54) is 25.7 Å². The highest BCUT2D eigenvalue weighted by Crippen LogP contribution is 2.41. The summed E-state index contributed by atoms with van der Waals surface area (Å²) < 4.78 is 31.1. The second kappa shape index (κ2) is 12.2. The predicted molar refractivity (Wildman–Crippen MR) is 149 cm³/mol. The van der Waals surface area contributed by atoms with Gasteiger partial charge in [-0.2, -0.15) is 0 Å². The highest BCUT2D eigenvalue weighted by molar-refractivity contribution is 7.91. The molecule has 2 aromatic carbocycles. The largest absolute Gasteiger partial charge is 0.462 e. The van der Waals surface area contributed by atoms with Gasteiger partial charge < -0.3 is 4.74 Å². The van der Waals surface area contributed by atoms with E-state index in [1.54, 1.807) is 19.1 Å². The van der Waals surface area contributed by atoms with E-state index in [1.807, 2.05) is 18.2 Å². The maximum Gasteiger partial charge on any atom is 0.338 e. The molecule has 0 aliphatic carbocycles. The molecule has 0 radical (unpaired) electrons. The van der Waals surface area contributed by atoms with Gasteiger partial charge in [0.25, 0.3) is 0 Å². The molecule has 2 aromatic rings. The van der Waals surface area contributed by atoms with E-state index in [2.05, 4.69) is 39.8 Å². The first-order valence-corrected chi connectivity index (χ1v) is 15.1. The molecule has 0 fully saturated rings. The molecule has 4 nitrogen and oxygen atoms in total. The number of carbonyl (C=O) groups is 1. The minimum Gasteiger partial charge on any atom is -0.462 e. The van der Waals surface area contributed by atoms with Crippen molar-refractivity contribution in [3.05, 3.63) is 64.2 Å². The van der Waals surface area contributed by atoms with Gasteiger partial charge in [-0.05, 0) is 90.6 Å². The number of sulfone groups is 1. The van der Waals surface area contributed by atoms with E-state index in [9.17, 15) is 13.2 Å². The van der Waals surface area contributed by atoms with E-state index in [0.29, 0.717) is 23.5 Å². The van der Waals surface area contributed by atoms with Crippen LogP contribution in [0.3, 0.4) is 0 Å². The van der Waals surface area contributed by atoms with Crippen molar-refractivity contribution in [2.24, 2.45) is 0 Å². The van der Waals surface area contributed by atoms with Gasteiger partial charge >= 0.3 is 5.97 Å². The number of rotatable bonds is 11. The summed E-state index contributed by atoms with van der Waals surface area (Å²) in [6, 6.07) is 11.5. The second-order valence-electron chi connectivity index (χ2n) is 10.6. The Hall–Kier alpha value is -2.40. The van der Waals surface area contributed by atoms with Crippen LogP contribution in [-0.4, -0.2) is 26.7 Å². The van der Waals surface area contributed by atoms with Crippen LogP contribution in [0.4, 0.5) is 0 Å². The molecule has 196 valence electrons. The van der Waals surface area contributed by atoms with Crippen LogP contribution in [0.25, 0.3) is 11.6 Å². The average molecular weight is 511 g/mol. The molecule has 1 aliphatic rings. The van der Waals surface area contributed by atoms with Gasteiger partial charge in [-0.1, -0.05) is 71.1 Å². The Morgan fingerprint density at radius 2 is 1.67 bits per heavy atom. The maximum atomic E-state index is 13.0. The molecular formula is C31H42O4S. The standard InChI is InChI=1S/C31H42O4S/c1-6-8-9-10-11-12-13-26-21-29-28(31(4,5)18-19-36(29,33)34)22-27(26)23(3)20-24-14-16-25(17-15-24)30(32)35-7-2/h14-17,20-22H,6-13,18-19H2,1-5H3. The van der Waals surface area contributed by atoms with Gasteiger partial charge in [-0.3, -0.25) is 0 Å². The Balaban J connectivity index is 1.96. The lowest BCUT2D eigenvalue weighted by atomic mass is 9.79. The van der Waals surface area contributed by atoms with Crippen molar-refractivity contribution >= 4 is 27.5 Å². The van der Waals surface area contributed by atoms with Crippen molar-refractivity contribution < 1.29 is 17.9 Å². The van der Waals surface area contributed by atoms with Crippen molar-refractivity contribution in [1.29, 1.82) is 0 Å². The zero-order valence-electron chi connectivity index (χ0n) is 22.7. The summed E-state index contributed by atoms with van der Waals surface area (Å²) >= 11 is 0. The molecule has 0 atom stereocenters. The first-order chi connectivity index (χ1) is 17.1. The Bertz CT molecular complexity index is 1190. The molecule has 0 saturated carbocycles. The van der Waals surface area contributed by atoms with Crippen LogP contribution < -0.4 is 0 Å². The second-order valence-corrected chi connectivity index (χ2v) is 12.7. The molecule has 5 heteroatoms. The Kier molecular flexibility index (Phi) is 9.57. The number of fused-ring (bicyclic) bond motifs is 1. The zero-order valence-corrected chi connectivity index (χ0v) is 23.5. The maximum absolute atomic E-state index is 13.0. The van der Waals surface area contributed by atoms with Crippen LogP contribution in [0, 0.1) is 0 Å². The normalized spacial score (nSPS) is 16.4. The lowest BCUT2D eigenvalue weighted by Gasteiger charge is -2.33. The van der Waals surface area contributed by atoms with Gasteiger partial charge in [0.2, 0.25) is 0 Å². The summed E-state index contributed by atoms with van der Waals surface area (Å²) in [4.78, 5) is 12.5. The van der Waals surface area contributed by atoms with E-state index < -0.39 is 9.84 Å². The highest BCUT2D eigenvalue weighted by Gasteiger charge is 2.36. The fraction of sp³-hybridized carbons (Fsp3) is 0.516.